The van der Waals surface area contributed by atoms with Gasteiger partial charge in [-0.15, -0.1) is 0 Å². The molecule has 0 radical (unpaired) electrons. The molecule has 0 bridgehead atoms. The maximum Gasteiger partial charge on any atom is 0.0634 e. The summed E-state index contributed by atoms with van der Waals surface area (Å²) < 4.78 is 5.61. The summed E-state index contributed by atoms with van der Waals surface area (Å²) in [7, 11) is 0. The molecule has 1 aliphatic rings. The Hall–Kier alpha value is -0.570. The van der Waals surface area contributed by atoms with Crippen molar-refractivity contribution in [3.05, 3.63) is 34.9 Å². The van der Waals surface area contributed by atoms with Crippen LogP contribution in [0.4, 0.5) is 0 Å². The minimum Gasteiger partial charge on any atom is -0.392 e. The maximum absolute atomic E-state index is 10.3. The van der Waals surface area contributed by atoms with E-state index in [-0.39, 0.29) is 18.1 Å². The summed E-state index contributed by atoms with van der Waals surface area (Å²) in [6.07, 6.45) is 2.53. The molecule has 0 aliphatic carbocycles. The molecule has 1 aromatic carbocycles. The van der Waals surface area contributed by atoms with E-state index in [1.807, 2.05) is 24.3 Å². The van der Waals surface area contributed by atoms with Crippen LogP contribution in [0.2, 0.25) is 5.02 Å². The van der Waals surface area contributed by atoms with E-state index < -0.39 is 0 Å². The zero-order valence-electron chi connectivity index (χ0n) is 10.1. The van der Waals surface area contributed by atoms with Gasteiger partial charge in [0.1, 0.15) is 0 Å². The topological polar surface area (TPSA) is 29.5 Å². The number of aliphatic hydroxyl groups is 1. The number of ether oxygens (including phenoxy) is 1. The van der Waals surface area contributed by atoms with Crippen molar-refractivity contribution in [3.8, 4) is 0 Å². The van der Waals surface area contributed by atoms with Gasteiger partial charge in [0.25, 0.3) is 0 Å². The molecule has 1 fully saturated rings. The smallest absolute Gasteiger partial charge is 0.0634 e. The van der Waals surface area contributed by atoms with Crippen molar-refractivity contribution in [2.45, 2.75) is 38.4 Å². The molecule has 0 aromatic heterocycles. The van der Waals surface area contributed by atoms with Gasteiger partial charge in [0.2, 0.25) is 0 Å². The van der Waals surface area contributed by atoms with Crippen molar-refractivity contribution in [2.24, 2.45) is 5.92 Å². The lowest BCUT2D eigenvalue weighted by Gasteiger charge is -2.22. The third-order valence-corrected chi connectivity index (χ3v) is 3.77. The van der Waals surface area contributed by atoms with Gasteiger partial charge in [-0.1, -0.05) is 30.7 Å². The molecular formula is C14H19ClO2. The number of hydrogen-bond acceptors (Lipinski definition) is 2. The van der Waals surface area contributed by atoms with E-state index in [2.05, 4.69) is 6.92 Å². The van der Waals surface area contributed by atoms with Crippen LogP contribution in [-0.4, -0.2) is 23.9 Å². The molecule has 1 aliphatic heterocycles. The molecule has 2 nitrogen and oxygen atoms in total. The van der Waals surface area contributed by atoms with E-state index in [0.29, 0.717) is 6.42 Å². The molecule has 3 unspecified atom stereocenters. The first-order valence-corrected chi connectivity index (χ1v) is 6.62. The van der Waals surface area contributed by atoms with Crippen LogP contribution in [0.3, 0.4) is 0 Å². The van der Waals surface area contributed by atoms with Crippen molar-refractivity contribution >= 4 is 11.6 Å². The summed E-state index contributed by atoms with van der Waals surface area (Å²) in [5.41, 5.74) is 1.13. The largest absolute Gasteiger partial charge is 0.392 e. The summed E-state index contributed by atoms with van der Waals surface area (Å²) in [4.78, 5) is 0. The van der Waals surface area contributed by atoms with Crippen molar-refractivity contribution < 1.29 is 9.84 Å². The number of aliphatic hydroxyl groups excluding tert-OH is 1. The molecule has 0 spiro atoms. The first-order chi connectivity index (χ1) is 8.20. The van der Waals surface area contributed by atoms with Gasteiger partial charge in [-0.2, -0.15) is 0 Å². The van der Waals surface area contributed by atoms with Crippen LogP contribution in [0, 0.1) is 5.92 Å². The monoisotopic (exact) mass is 254 g/mol. The van der Waals surface area contributed by atoms with Crippen molar-refractivity contribution in [1.29, 1.82) is 0 Å². The minimum atomic E-state index is -0.316. The van der Waals surface area contributed by atoms with E-state index >= 15 is 0 Å². The number of hydrogen-bond donors (Lipinski definition) is 1. The van der Waals surface area contributed by atoms with Crippen LogP contribution in [0.25, 0.3) is 0 Å². The Balaban J connectivity index is 1.96. The summed E-state index contributed by atoms with van der Waals surface area (Å²) in [6.45, 7) is 2.89. The maximum atomic E-state index is 10.3. The van der Waals surface area contributed by atoms with E-state index in [0.717, 1.165) is 30.0 Å². The highest BCUT2D eigenvalue weighted by molar-refractivity contribution is 6.30. The molecule has 2 rings (SSSR count). The highest BCUT2D eigenvalue weighted by atomic mass is 35.5. The van der Waals surface area contributed by atoms with Gasteiger partial charge in [0.15, 0.2) is 0 Å². The second-order valence-corrected chi connectivity index (χ2v) is 5.10. The first-order valence-electron chi connectivity index (χ1n) is 6.24. The highest BCUT2D eigenvalue weighted by Gasteiger charge is 2.32. The van der Waals surface area contributed by atoms with Gasteiger partial charge in [-0.05, 0) is 37.0 Å². The van der Waals surface area contributed by atoms with Crippen LogP contribution >= 0.6 is 11.6 Å². The molecule has 94 valence electrons. The molecule has 17 heavy (non-hydrogen) atoms. The Labute approximate surface area is 108 Å². The molecule has 3 atom stereocenters. The average Bonchev–Trinajstić information content (AvgIpc) is 2.80. The van der Waals surface area contributed by atoms with Gasteiger partial charge in [-0.25, -0.2) is 0 Å². The third-order valence-electron chi connectivity index (χ3n) is 3.52. The Morgan fingerprint density at radius 2 is 2.12 bits per heavy atom. The second kappa shape index (κ2) is 5.85. The highest BCUT2D eigenvalue weighted by Crippen LogP contribution is 2.28. The number of halogens is 1. The lowest BCUT2D eigenvalue weighted by molar-refractivity contribution is 0.0318. The Morgan fingerprint density at radius 3 is 2.76 bits per heavy atom. The summed E-state index contributed by atoms with van der Waals surface area (Å²) >= 11 is 5.84. The predicted octanol–water partition coefficient (Wildman–Crippen LogP) is 3.06. The zero-order valence-corrected chi connectivity index (χ0v) is 10.9. The fourth-order valence-electron chi connectivity index (χ4n) is 2.54. The number of benzene rings is 1. The lowest BCUT2D eigenvalue weighted by Crippen LogP contribution is -2.29. The normalized spacial score (nSPS) is 26.1. The molecule has 1 aromatic rings. The zero-order chi connectivity index (χ0) is 12.3. The standard InChI is InChI=1S/C14H19ClO2/c1-2-14-12(7-8-17-14)13(16)9-10-3-5-11(15)6-4-10/h3-6,12-14,16H,2,7-9H2,1H3. The molecule has 1 heterocycles. The van der Waals surface area contributed by atoms with Crippen LogP contribution in [-0.2, 0) is 11.2 Å². The first kappa shape index (κ1) is 12.9. The van der Waals surface area contributed by atoms with E-state index in [9.17, 15) is 5.11 Å². The Morgan fingerprint density at radius 1 is 1.41 bits per heavy atom. The molecule has 3 heteroatoms. The van der Waals surface area contributed by atoms with Crippen molar-refractivity contribution in [1.82, 2.24) is 0 Å². The van der Waals surface area contributed by atoms with Crippen molar-refractivity contribution in [3.63, 3.8) is 0 Å². The average molecular weight is 255 g/mol. The van der Waals surface area contributed by atoms with E-state index in [1.54, 1.807) is 0 Å². The fraction of sp³-hybridized carbons (Fsp3) is 0.571. The van der Waals surface area contributed by atoms with Gasteiger partial charge in [-0.3, -0.25) is 0 Å². The van der Waals surface area contributed by atoms with Gasteiger partial charge < -0.3 is 9.84 Å². The molecule has 0 amide bonds. The predicted molar refractivity (Wildman–Crippen MR) is 69.3 cm³/mol. The van der Waals surface area contributed by atoms with Gasteiger partial charge in [0, 0.05) is 17.5 Å². The van der Waals surface area contributed by atoms with Crippen LogP contribution in [0.1, 0.15) is 25.3 Å². The van der Waals surface area contributed by atoms with Crippen molar-refractivity contribution in [2.75, 3.05) is 6.61 Å². The van der Waals surface area contributed by atoms with Gasteiger partial charge in [0.05, 0.1) is 12.2 Å². The fourth-order valence-corrected chi connectivity index (χ4v) is 2.67. The molecule has 1 N–H and O–H groups in total. The molecule has 1 saturated heterocycles. The Bertz CT molecular complexity index is 350. The molecular weight excluding hydrogens is 236 g/mol. The third kappa shape index (κ3) is 3.21. The quantitative estimate of drug-likeness (QED) is 0.895. The van der Waals surface area contributed by atoms with E-state index in [1.165, 1.54) is 0 Å². The summed E-state index contributed by atoms with van der Waals surface area (Å²) in [5.74, 6) is 0.274. The second-order valence-electron chi connectivity index (χ2n) is 4.67. The van der Waals surface area contributed by atoms with Gasteiger partial charge >= 0.3 is 0 Å². The lowest BCUT2D eigenvalue weighted by atomic mass is 9.89. The van der Waals surface area contributed by atoms with Crippen LogP contribution in [0.5, 0.6) is 0 Å². The van der Waals surface area contributed by atoms with Crippen LogP contribution in [0.15, 0.2) is 24.3 Å². The minimum absolute atomic E-state index is 0.220. The summed E-state index contributed by atoms with van der Waals surface area (Å²) in [6, 6.07) is 7.68. The van der Waals surface area contributed by atoms with E-state index in [4.69, 9.17) is 16.3 Å². The number of rotatable bonds is 4. The Kier molecular flexibility index (Phi) is 4.43. The SMILES string of the molecule is CCC1OCCC1C(O)Cc1ccc(Cl)cc1. The summed E-state index contributed by atoms with van der Waals surface area (Å²) in [5, 5.41) is 11.0. The van der Waals surface area contributed by atoms with Crippen LogP contribution < -0.4 is 0 Å². The molecule has 0 saturated carbocycles.